The van der Waals surface area contributed by atoms with E-state index in [0.29, 0.717) is 17.7 Å². The van der Waals surface area contributed by atoms with Crippen LogP contribution in [0.2, 0.25) is 5.15 Å². The largest absolute Gasteiger partial charge is 0.419 e. The maximum atomic E-state index is 12.7. The van der Waals surface area contributed by atoms with E-state index in [1.807, 2.05) is 0 Å². The number of amides is 2. The molecule has 0 bridgehead atoms. The first-order valence-corrected chi connectivity index (χ1v) is 7.70. The van der Waals surface area contributed by atoms with Gasteiger partial charge < -0.3 is 9.47 Å². The van der Waals surface area contributed by atoms with Gasteiger partial charge in [-0.25, -0.2) is 4.98 Å². The number of carbonyl (C=O) groups is 2. The van der Waals surface area contributed by atoms with Crippen LogP contribution < -0.4 is 5.43 Å². The van der Waals surface area contributed by atoms with Crippen LogP contribution in [-0.4, -0.2) is 48.7 Å². The van der Waals surface area contributed by atoms with Crippen molar-refractivity contribution in [1.82, 2.24) is 9.99 Å². The van der Waals surface area contributed by atoms with E-state index in [0.717, 1.165) is 6.07 Å². The van der Waals surface area contributed by atoms with E-state index in [2.05, 4.69) is 10.4 Å². The first-order chi connectivity index (χ1) is 12.2. The van der Waals surface area contributed by atoms with Gasteiger partial charge in [-0.1, -0.05) is 11.6 Å². The Bertz CT molecular complexity index is 752. The maximum absolute atomic E-state index is 12.7. The highest BCUT2D eigenvalue weighted by Gasteiger charge is 2.37. The molecule has 1 aromatic heterocycles. The molecular weight excluding hydrogens is 379 g/mol. The van der Waals surface area contributed by atoms with Crippen LogP contribution in [0.4, 0.5) is 19.0 Å². The third kappa shape index (κ3) is 4.32. The molecule has 7 nitrogen and oxygen atoms in total. The van der Waals surface area contributed by atoms with Crippen molar-refractivity contribution in [1.29, 1.82) is 0 Å². The molecule has 2 amide bonds. The zero-order valence-corrected chi connectivity index (χ0v) is 14.6. The molecule has 2 rings (SSSR count). The average Bonchev–Trinajstić information content (AvgIpc) is 2.75. The van der Waals surface area contributed by atoms with E-state index in [9.17, 15) is 22.8 Å². The van der Waals surface area contributed by atoms with E-state index < -0.39 is 28.7 Å². The summed E-state index contributed by atoms with van der Waals surface area (Å²) in [6, 6.07) is 1.68. The number of ether oxygens (including phenoxy) is 2. The predicted octanol–water partition coefficient (Wildman–Crippen LogP) is 2.43. The third-order valence-corrected chi connectivity index (χ3v) is 3.78. The number of pyridine rings is 1. The number of halogens is 4. The lowest BCUT2D eigenvalue weighted by Gasteiger charge is -2.17. The summed E-state index contributed by atoms with van der Waals surface area (Å²) in [6.45, 7) is 1.91. The second-order valence-electron chi connectivity index (χ2n) is 5.24. The number of aromatic nitrogens is 1. The van der Waals surface area contributed by atoms with Crippen LogP contribution in [0, 0.1) is 0 Å². The van der Waals surface area contributed by atoms with Gasteiger partial charge in [0.05, 0.1) is 31.0 Å². The standard InChI is InChI=1S/C15H15ClF3N3O4/c1-8-9(7-26-6-5-25-2)14(24)22(13(8)23)21-11-4-3-10(12(16)20-11)15(17,18)19/h3-4H,5-7H2,1-2H3,(H,20,21). The zero-order chi connectivity index (χ0) is 19.5. The Kier molecular flexibility index (Phi) is 6.21. The molecular formula is C15H15ClF3N3O4. The van der Waals surface area contributed by atoms with Crippen molar-refractivity contribution in [3.05, 3.63) is 34.0 Å². The minimum Gasteiger partial charge on any atom is -0.382 e. The SMILES string of the molecule is COCCOCC1=C(C)C(=O)N(Nc2ccc(C(F)(F)F)c(Cl)n2)C1=O. The molecule has 0 atom stereocenters. The highest BCUT2D eigenvalue weighted by molar-refractivity contribution is 6.30. The van der Waals surface area contributed by atoms with E-state index in [1.54, 1.807) is 0 Å². The molecule has 0 radical (unpaired) electrons. The first-order valence-electron chi connectivity index (χ1n) is 7.32. The second kappa shape index (κ2) is 8.02. The van der Waals surface area contributed by atoms with Crippen molar-refractivity contribution in [2.45, 2.75) is 13.1 Å². The summed E-state index contributed by atoms with van der Waals surface area (Å²) in [5, 5.41) is -0.148. The van der Waals surface area contributed by atoms with E-state index >= 15 is 0 Å². The van der Waals surface area contributed by atoms with Gasteiger partial charge in [-0.3, -0.25) is 15.0 Å². The van der Waals surface area contributed by atoms with Gasteiger partial charge in [0.15, 0.2) is 0 Å². The monoisotopic (exact) mass is 393 g/mol. The van der Waals surface area contributed by atoms with Gasteiger partial charge in [0.2, 0.25) is 0 Å². The maximum Gasteiger partial charge on any atom is 0.419 e. The first kappa shape index (κ1) is 20.1. The molecule has 2 heterocycles. The number of hydrogen-bond donors (Lipinski definition) is 1. The molecule has 26 heavy (non-hydrogen) atoms. The molecule has 0 saturated heterocycles. The van der Waals surface area contributed by atoms with Gasteiger partial charge in [-0.05, 0) is 19.1 Å². The molecule has 11 heteroatoms. The number of alkyl halides is 3. The van der Waals surface area contributed by atoms with Gasteiger partial charge in [-0.15, -0.1) is 0 Å². The van der Waals surface area contributed by atoms with Crippen LogP contribution in [0.5, 0.6) is 0 Å². The molecule has 0 aliphatic carbocycles. The summed E-state index contributed by atoms with van der Waals surface area (Å²) in [4.78, 5) is 28.1. The van der Waals surface area contributed by atoms with Crippen molar-refractivity contribution in [3.8, 4) is 0 Å². The van der Waals surface area contributed by atoms with Crippen molar-refractivity contribution >= 4 is 29.2 Å². The number of anilines is 1. The number of hydrogen-bond acceptors (Lipinski definition) is 6. The Balaban J connectivity index is 2.10. The van der Waals surface area contributed by atoms with Gasteiger partial charge in [0, 0.05) is 12.7 Å². The van der Waals surface area contributed by atoms with Gasteiger partial charge in [-0.2, -0.15) is 18.2 Å². The third-order valence-electron chi connectivity index (χ3n) is 3.50. The topological polar surface area (TPSA) is 80.8 Å². The predicted molar refractivity (Wildman–Crippen MR) is 85.1 cm³/mol. The average molecular weight is 394 g/mol. The lowest BCUT2D eigenvalue weighted by atomic mass is 10.2. The van der Waals surface area contributed by atoms with Crippen molar-refractivity contribution in [2.75, 3.05) is 32.4 Å². The fraction of sp³-hybridized carbons (Fsp3) is 0.400. The summed E-state index contributed by atoms with van der Waals surface area (Å²) in [5.41, 5.74) is 1.55. The highest BCUT2D eigenvalue weighted by atomic mass is 35.5. The number of imide groups is 1. The summed E-state index contributed by atoms with van der Waals surface area (Å²) in [6.07, 6.45) is -4.66. The van der Waals surface area contributed by atoms with Crippen LogP contribution in [-0.2, 0) is 25.2 Å². The molecule has 1 aliphatic heterocycles. The van der Waals surface area contributed by atoms with Gasteiger partial charge in [0.25, 0.3) is 11.8 Å². The normalized spacial score (nSPS) is 15.2. The summed E-state index contributed by atoms with van der Waals surface area (Å²) in [7, 11) is 1.49. The minimum absolute atomic E-state index is 0.0981. The molecule has 0 spiro atoms. The zero-order valence-electron chi connectivity index (χ0n) is 13.8. The van der Waals surface area contributed by atoms with Crippen molar-refractivity contribution in [2.24, 2.45) is 0 Å². The smallest absolute Gasteiger partial charge is 0.382 e. The number of nitrogens with zero attached hydrogens (tertiary/aromatic N) is 2. The van der Waals surface area contributed by atoms with Crippen molar-refractivity contribution in [3.63, 3.8) is 0 Å². The Hall–Kier alpha value is -2.17. The number of hydrazine groups is 1. The summed E-state index contributed by atoms with van der Waals surface area (Å²) < 4.78 is 48.1. The minimum atomic E-state index is -4.66. The van der Waals surface area contributed by atoms with E-state index in [-0.39, 0.29) is 30.2 Å². The molecule has 142 valence electrons. The van der Waals surface area contributed by atoms with Gasteiger partial charge in [0.1, 0.15) is 11.0 Å². The number of carbonyl (C=O) groups excluding carboxylic acids is 2. The second-order valence-corrected chi connectivity index (χ2v) is 5.60. The lowest BCUT2D eigenvalue weighted by Crippen LogP contribution is -2.37. The van der Waals surface area contributed by atoms with Crippen molar-refractivity contribution < 1.29 is 32.2 Å². The van der Waals surface area contributed by atoms with E-state index in [4.69, 9.17) is 21.1 Å². The molecule has 0 fully saturated rings. The van der Waals surface area contributed by atoms with Crippen LogP contribution >= 0.6 is 11.6 Å². The molecule has 0 unspecified atom stereocenters. The molecule has 1 N–H and O–H groups in total. The Morgan fingerprint density at radius 2 is 1.92 bits per heavy atom. The Morgan fingerprint density at radius 3 is 2.50 bits per heavy atom. The number of rotatable bonds is 7. The highest BCUT2D eigenvalue weighted by Crippen LogP contribution is 2.34. The Morgan fingerprint density at radius 1 is 1.23 bits per heavy atom. The van der Waals surface area contributed by atoms with Crippen LogP contribution in [0.15, 0.2) is 23.3 Å². The fourth-order valence-electron chi connectivity index (χ4n) is 2.09. The van der Waals surface area contributed by atoms with Crippen LogP contribution in [0.1, 0.15) is 12.5 Å². The number of methoxy groups -OCH3 is 1. The summed E-state index contributed by atoms with van der Waals surface area (Å²) >= 11 is 5.53. The lowest BCUT2D eigenvalue weighted by molar-refractivity contribution is -0.138. The van der Waals surface area contributed by atoms with Crippen LogP contribution in [0.25, 0.3) is 0 Å². The van der Waals surface area contributed by atoms with Crippen LogP contribution in [0.3, 0.4) is 0 Å². The molecule has 0 saturated carbocycles. The molecule has 1 aliphatic rings. The summed E-state index contributed by atoms with van der Waals surface area (Å²) in [5.74, 6) is -1.51. The molecule has 0 aromatic carbocycles. The van der Waals surface area contributed by atoms with Gasteiger partial charge >= 0.3 is 6.18 Å². The molecule has 1 aromatic rings. The fourth-order valence-corrected chi connectivity index (χ4v) is 2.36. The Labute approximate surface area is 151 Å². The number of nitrogens with one attached hydrogen (secondary N) is 1. The quantitative estimate of drug-likeness (QED) is 0.435. The van der Waals surface area contributed by atoms with E-state index in [1.165, 1.54) is 14.0 Å².